The SMILES string of the molecule is CCCCNC(=O)NC(=O)CSc1ccc(N)cc1C. The van der Waals surface area contributed by atoms with Crippen LogP contribution < -0.4 is 16.4 Å². The number of anilines is 1. The third kappa shape index (κ3) is 5.97. The van der Waals surface area contributed by atoms with Gasteiger partial charge in [-0.3, -0.25) is 10.1 Å². The zero-order chi connectivity index (χ0) is 15.0. The first-order valence-corrected chi connectivity index (χ1v) is 7.58. The summed E-state index contributed by atoms with van der Waals surface area (Å²) in [7, 11) is 0. The molecule has 0 bridgehead atoms. The number of amides is 3. The molecule has 0 fully saturated rings. The standard InChI is InChI=1S/C14H21N3O2S/c1-3-4-7-16-14(19)17-13(18)9-20-12-6-5-11(15)8-10(12)2/h5-6,8H,3-4,7,9,15H2,1-2H3,(H2,16,17,18,19). The number of nitrogens with one attached hydrogen (secondary N) is 2. The molecule has 1 aromatic carbocycles. The number of imide groups is 1. The van der Waals surface area contributed by atoms with E-state index < -0.39 is 6.03 Å². The molecular weight excluding hydrogens is 274 g/mol. The number of rotatable bonds is 6. The molecule has 0 saturated heterocycles. The van der Waals surface area contributed by atoms with Crippen LogP contribution in [0.4, 0.5) is 10.5 Å². The zero-order valence-electron chi connectivity index (χ0n) is 11.9. The second kappa shape index (κ2) is 8.47. The highest BCUT2D eigenvalue weighted by Crippen LogP contribution is 2.23. The van der Waals surface area contributed by atoms with Gasteiger partial charge in [0.15, 0.2) is 0 Å². The van der Waals surface area contributed by atoms with Gasteiger partial charge in [0.1, 0.15) is 0 Å². The predicted molar refractivity (Wildman–Crippen MR) is 82.8 cm³/mol. The minimum Gasteiger partial charge on any atom is -0.399 e. The normalized spacial score (nSPS) is 10.1. The van der Waals surface area contributed by atoms with Gasteiger partial charge < -0.3 is 11.1 Å². The van der Waals surface area contributed by atoms with Crippen molar-refractivity contribution in [2.24, 2.45) is 0 Å². The number of hydrogen-bond donors (Lipinski definition) is 3. The molecule has 110 valence electrons. The summed E-state index contributed by atoms with van der Waals surface area (Å²) in [5.41, 5.74) is 7.39. The summed E-state index contributed by atoms with van der Waals surface area (Å²) in [5.74, 6) is -0.105. The molecule has 0 saturated carbocycles. The molecule has 0 aliphatic rings. The molecule has 5 nitrogen and oxygen atoms in total. The van der Waals surface area contributed by atoms with E-state index in [4.69, 9.17) is 5.73 Å². The van der Waals surface area contributed by atoms with E-state index in [0.717, 1.165) is 23.3 Å². The van der Waals surface area contributed by atoms with Crippen LogP contribution in [0.5, 0.6) is 0 Å². The summed E-state index contributed by atoms with van der Waals surface area (Å²) in [5, 5.41) is 4.94. The lowest BCUT2D eigenvalue weighted by Gasteiger charge is -2.08. The van der Waals surface area contributed by atoms with Crippen molar-refractivity contribution in [3.05, 3.63) is 23.8 Å². The number of nitrogens with two attached hydrogens (primary N) is 1. The number of aryl methyl sites for hydroxylation is 1. The number of urea groups is 1. The van der Waals surface area contributed by atoms with Gasteiger partial charge in [-0.1, -0.05) is 13.3 Å². The highest BCUT2D eigenvalue weighted by atomic mass is 32.2. The van der Waals surface area contributed by atoms with Crippen molar-refractivity contribution >= 4 is 29.4 Å². The Morgan fingerprint density at radius 2 is 2.10 bits per heavy atom. The summed E-state index contributed by atoms with van der Waals surface area (Å²) in [6.45, 7) is 4.56. The first kappa shape index (κ1) is 16.4. The average Bonchev–Trinajstić information content (AvgIpc) is 2.38. The molecule has 4 N–H and O–H groups in total. The summed E-state index contributed by atoms with van der Waals surface area (Å²) in [4.78, 5) is 24.0. The predicted octanol–water partition coefficient (Wildman–Crippen LogP) is 2.30. The van der Waals surface area contributed by atoms with Gasteiger partial charge >= 0.3 is 6.03 Å². The highest BCUT2D eigenvalue weighted by Gasteiger charge is 2.08. The van der Waals surface area contributed by atoms with Gasteiger partial charge in [0.25, 0.3) is 0 Å². The number of unbranched alkanes of at least 4 members (excludes halogenated alkanes) is 1. The first-order chi connectivity index (χ1) is 9.52. The van der Waals surface area contributed by atoms with Gasteiger partial charge in [0.05, 0.1) is 5.75 Å². The van der Waals surface area contributed by atoms with E-state index in [1.165, 1.54) is 11.8 Å². The summed E-state index contributed by atoms with van der Waals surface area (Å²) in [6, 6.07) is 5.10. The van der Waals surface area contributed by atoms with Gasteiger partial charge in [0.2, 0.25) is 5.91 Å². The molecule has 0 heterocycles. The Morgan fingerprint density at radius 1 is 1.35 bits per heavy atom. The van der Waals surface area contributed by atoms with Crippen LogP contribution in [0, 0.1) is 6.92 Å². The number of benzene rings is 1. The maximum Gasteiger partial charge on any atom is 0.321 e. The quantitative estimate of drug-likeness (QED) is 0.427. The number of hydrogen-bond acceptors (Lipinski definition) is 4. The van der Waals surface area contributed by atoms with E-state index in [2.05, 4.69) is 10.6 Å². The van der Waals surface area contributed by atoms with E-state index in [1.54, 1.807) is 6.07 Å². The van der Waals surface area contributed by atoms with Crippen molar-refractivity contribution in [2.75, 3.05) is 18.0 Å². The van der Waals surface area contributed by atoms with Crippen molar-refractivity contribution in [1.82, 2.24) is 10.6 Å². The van der Waals surface area contributed by atoms with Crippen LogP contribution in [0.15, 0.2) is 23.1 Å². The molecule has 0 radical (unpaired) electrons. The second-order valence-electron chi connectivity index (χ2n) is 4.47. The number of thioether (sulfide) groups is 1. The maximum absolute atomic E-state index is 11.6. The number of nitrogen functional groups attached to an aromatic ring is 1. The van der Waals surface area contributed by atoms with E-state index in [0.29, 0.717) is 12.2 Å². The van der Waals surface area contributed by atoms with E-state index in [9.17, 15) is 9.59 Å². The van der Waals surface area contributed by atoms with Crippen molar-refractivity contribution in [2.45, 2.75) is 31.6 Å². The van der Waals surface area contributed by atoms with Crippen LogP contribution in [0.2, 0.25) is 0 Å². The maximum atomic E-state index is 11.6. The Labute approximate surface area is 123 Å². The Kier molecular flexibility index (Phi) is 6.93. The molecule has 1 aromatic rings. The molecule has 0 spiro atoms. The lowest BCUT2D eigenvalue weighted by molar-refractivity contribution is -0.117. The van der Waals surface area contributed by atoms with Gasteiger partial charge in [-0.15, -0.1) is 11.8 Å². The third-order valence-electron chi connectivity index (χ3n) is 2.63. The Balaban J connectivity index is 2.34. The fourth-order valence-corrected chi connectivity index (χ4v) is 2.37. The molecule has 0 aromatic heterocycles. The lowest BCUT2D eigenvalue weighted by Crippen LogP contribution is -2.40. The summed E-state index contributed by atoms with van der Waals surface area (Å²) < 4.78 is 0. The molecule has 20 heavy (non-hydrogen) atoms. The topological polar surface area (TPSA) is 84.2 Å². The minimum absolute atomic E-state index is 0.200. The lowest BCUT2D eigenvalue weighted by atomic mass is 10.2. The minimum atomic E-state index is -0.432. The largest absolute Gasteiger partial charge is 0.399 e. The first-order valence-electron chi connectivity index (χ1n) is 6.59. The molecule has 1 rings (SSSR count). The molecule has 0 atom stereocenters. The third-order valence-corrected chi connectivity index (χ3v) is 3.80. The van der Waals surface area contributed by atoms with Crippen LogP contribution in [0.25, 0.3) is 0 Å². The Hall–Kier alpha value is -1.69. The Morgan fingerprint density at radius 3 is 2.75 bits per heavy atom. The highest BCUT2D eigenvalue weighted by molar-refractivity contribution is 8.00. The number of carbonyl (C=O) groups excluding carboxylic acids is 2. The van der Waals surface area contributed by atoms with Gasteiger partial charge in [0, 0.05) is 17.1 Å². The van der Waals surface area contributed by atoms with E-state index in [-0.39, 0.29) is 11.7 Å². The van der Waals surface area contributed by atoms with Crippen LogP contribution >= 0.6 is 11.8 Å². The summed E-state index contributed by atoms with van der Waals surface area (Å²) in [6.07, 6.45) is 1.90. The van der Waals surface area contributed by atoms with Crippen molar-refractivity contribution < 1.29 is 9.59 Å². The molecule has 0 unspecified atom stereocenters. The van der Waals surface area contributed by atoms with Crippen LogP contribution in [0.1, 0.15) is 25.3 Å². The van der Waals surface area contributed by atoms with E-state index in [1.807, 2.05) is 26.0 Å². The zero-order valence-corrected chi connectivity index (χ0v) is 12.7. The van der Waals surface area contributed by atoms with Crippen LogP contribution in [-0.4, -0.2) is 24.2 Å². The van der Waals surface area contributed by atoms with Gasteiger partial charge in [-0.25, -0.2) is 4.79 Å². The van der Waals surface area contributed by atoms with Crippen molar-refractivity contribution in [3.8, 4) is 0 Å². The molecule has 3 amide bonds. The number of carbonyl (C=O) groups is 2. The van der Waals surface area contributed by atoms with Crippen LogP contribution in [0.3, 0.4) is 0 Å². The molecule has 0 aliphatic heterocycles. The smallest absolute Gasteiger partial charge is 0.321 e. The monoisotopic (exact) mass is 295 g/mol. The van der Waals surface area contributed by atoms with Gasteiger partial charge in [-0.05, 0) is 37.1 Å². The van der Waals surface area contributed by atoms with Gasteiger partial charge in [-0.2, -0.15) is 0 Å². The average molecular weight is 295 g/mol. The Bertz CT molecular complexity index is 477. The molecule has 6 heteroatoms. The second-order valence-corrected chi connectivity index (χ2v) is 5.49. The fourth-order valence-electron chi connectivity index (χ4n) is 1.56. The molecule has 0 aliphatic carbocycles. The van der Waals surface area contributed by atoms with Crippen LogP contribution in [-0.2, 0) is 4.79 Å². The van der Waals surface area contributed by atoms with Crippen molar-refractivity contribution in [1.29, 1.82) is 0 Å². The van der Waals surface area contributed by atoms with Crippen molar-refractivity contribution in [3.63, 3.8) is 0 Å². The fraction of sp³-hybridized carbons (Fsp3) is 0.429. The van der Waals surface area contributed by atoms with E-state index >= 15 is 0 Å². The molecular formula is C14H21N3O2S. The summed E-state index contributed by atoms with van der Waals surface area (Å²) >= 11 is 1.39.